The summed E-state index contributed by atoms with van der Waals surface area (Å²) in [4.78, 5) is 23.9. The molecule has 0 amide bonds. The van der Waals surface area contributed by atoms with Crippen molar-refractivity contribution in [3.63, 3.8) is 0 Å². The van der Waals surface area contributed by atoms with Crippen LogP contribution < -0.4 is 4.31 Å². The lowest BCUT2D eigenvalue weighted by Crippen LogP contribution is -2.36. The Balaban J connectivity index is 2.58. The summed E-state index contributed by atoms with van der Waals surface area (Å²) in [6, 6.07) is 9.42. The molecule has 0 N–H and O–H groups in total. The molecule has 0 bridgehead atoms. The van der Waals surface area contributed by atoms with E-state index < -0.39 is 28.5 Å². The minimum absolute atomic E-state index is 0.0258. The van der Waals surface area contributed by atoms with Crippen molar-refractivity contribution in [2.75, 3.05) is 24.6 Å². The number of esters is 2. The highest BCUT2D eigenvalue weighted by atomic mass is 35.5. The number of anilines is 1. The van der Waals surface area contributed by atoms with Gasteiger partial charge in [0.2, 0.25) is 0 Å². The Morgan fingerprint density at radius 3 is 2.29 bits per heavy atom. The lowest BCUT2D eigenvalue weighted by Gasteiger charge is -2.24. The average Bonchev–Trinajstić information content (AvgIpc) is 2.66. The summed E-state index contributed by atoms with van der Waals surface area (Å²) >= 11 is 11.9. The van der Waals surface area contributed by atoms with Crippen molar-refractivity contribution < 1.29 is 27.5 Å². The fourth-order valence-electron chi connectivity index (χ4n) is 2.26. The molecule has 7 nitrogen and oxygen atoms in total. The Morgan fingerprint density at radius 2 is 1.71 bits per heavy atom. The normalized spacial score (nSPS) is 11.0. The van der Waals surface area contributed by atoms with Crippen molar-refractivity contribution in [2.24, 2.45) is 0 Å². The number of ether oxygens (including phenoxy) is 2. The average molecular weight is 446 g/mol. The first kappa shape index (κ1) is 22.0. The van der Waals surface area contributed by atoms with E-state index in [4.69, 9.17) is 27.9 Å². The SMILES string of the molecule is CCOC(=O)c1cc(N(CC(=O)OC)S(=O)(=O)c2ccc(Cl)cc2)ccc1Cl. The van der Waals surface area contributed by atoms with E-state index in [2.05, 4.69) is 4.74 Å². The molecule has 0 heterocycles. The second kappa shape index (κ2) is 9.27. The maximum atomic E-state index is 13.1. The topological polar surface area (TPSA) is 90.0 Å². The number of halogens is 2. The Bertz CT molecular complexity index is 976. The monoisotopic (exact) mass is 445 g/mol. The summed E-state index contributed by atoms with van der Waals surface area (Å²) in [5, 5.41) is 0.443. The van der Waals surface area contributed by atoms with Gasteiger partial charge in [-0.1, -0.05) is 23.2 Å². The van der Waals surface area contributed by atoms with E-state index in [1.165, 1.54) is 42.5 Å². The zero-order valence-electron chi connectivity index (χ0n) is 15.0. The fraction of sp³-hybridized carbons (Fsp3) is 0.222. The number of benzene rings is 2. The third kappa shape index (κ3) is 4.95. The van der Waals surface area contributed by atoms with Crippen LogP contribution in [0.4, 0.5) is 5.69 Å². The van der Waals surface area contributed by atoms with Gasteiger partial charge in [0, 0.05) is 5.02 Å². The van der Waals surface area contributed by atoms with Gasteiger partial charge in [0.1, 0.15) is 6.54 Å². The van der Waals surface area contributed by atoms with Crippen molar-refractivity contribution in [1.29, 1.82) is 0 Å². The molecule has 2 rings (SSSR count). The van der Waals surface area contributed by atoms with Gasteiger partial charge in [-0.15, -0.1) is 0 Å². The Kier molecular flexibility index (Phi) is 7.29. The van der Waals surface area contributed by atoms with Crippen molar-refractivity contribution in [2.45, 2.75) is 11.8 Å². The summed E-state index contributed by atoms with van der Waals surface area (Å²) in [5.41, 5.74) is 0.0231. The van der Waals surface area contributed by atoms with E-state index in [0.717, 1.165) is 11.4 Å². The molecule has 0 saturated heterocycles. The van der Waals surface area contributed by atoms with Gasteiger partial charge in [-0.25, -0.2) is 13.2 Å². The molecule has 0 fully saturated rings. The van der Waals surface area contributed by atoms with Gasteiger partial charge >= 0.3 is 11.9 Å². The molecule has 0 aromatic heterocycles. The molecule has 0 aliphatic carbocycles. The molecule has 0 aliphatic rings. The van der Waals surface area contributed by atoms with Gasteiger partial charge < -0.3 is 9.47 Å². The van der Waals surface area contributed by atoms with Crippen LogP contribution in [0.3, 0.4) is 0 Å². The lowest BCUT2D eigenvalue weighted by molar-refractivity contribution is -0.138. The van der Waals surface area contributed by atoms with Gasteiger partial charge in [-0.2, -0.15) is 0 Å². The zero-order chi connectivity index (χ0) is 20.9. The number of hydrogen-bond donors (Lipinski definition) is 0. The maximum Gasteiger partial charge on any atom is 0.339 e. The minimum Gasteiger partial charge on any atom is -0.468 e. The molecule has 2 aromatic rings. The highest BCUT2D eigenvalue weighted by Crippen LogP contribution is 2.29. The number of rotatable bonds is 7. The third-order valence-corrected chi connectivity index (χ3v) is 6.00. The summed E-state index contributed by atoms with van der Waals surface area (Å²) in [6.45, 7) is 1.14. The number of sulfonamides is 1. The molecule has 10 heteroatoms. The van der Waals surface area contributed by atoms with Crippen molar-refractivity contribution in [1.82, 2.24) is 0 Å². The van der Waals surface area contributed by atoms with E-state index in [-0.39, 0.29) is 27.8 Å². The Morgan fingerprint density at radius 1 is 1.07 bits per heavy atom. The lowest BCUT2D eigenvalue weighted by atomic mass is 10.2. The first-order valence-corrected chi connectivity index (χ1v) is 10.2. The first-order valence-electron chi connectivity index (χ1n) is 8.02. The Labute approximate surface area is 172 Å². The van der Waals surface area contributed by atoms with Crippen molar-refractivity contribution in [3.05, 3.63) is 58.1 Å². The van der Waals surface area contributed by atoms with Gasteiger partial charge in [0.05, 0.1) is 34.9 Å². The van der Waals surface area contributed by atoms with E-state index >= 15 is 0 Å². The van der Waals surface area contributed by atoms with E-state index in [1.807, 2.05) is 0 Å². The standard InChI is InChI=1S/C18H17Cl2NO6S/c1-3-27-18(23)15-10-13(6-9-16(15)20)21(11-17(22)26-2)28(24,25)14-7-4-12(19)5-8-14/h4-10H,3,11H2,1-2H3. The first-order chi connectivity index (χ1) is 13.2. The van der Waals surface area contributed by atoms with Gasteiger partial charge in [0.25, 0.3) is 10.0 Å². The molecule has 0 aliphatic heterocycles. The predicted molar refractivity (Wildman–Crippen MR) is 105 cm³/mol. The van der Waals surface area contributed by atoms with E-state index in [0.29, 0.717) is 5.02 Å². The molecule has 0 unspecified atom stereocenters. The van der Waals surface area contributed by atoms with Crippen LogP contribution in [0.2, 0.25) is 10.0 Å². The number of carbonyl (C=O) groups excluding carboxylic acids is 2. The number of hydrogen-bond acceptors (Lipinski definition) is 6. The number of nitrogens with zero attached hydrogens (tertiary/aromatic N) is 1. The summed E-state index contributed by atoms with van der Waals surface area (Å²) < 4.78 is 36.6. The molecule has 0 spiro atoms. The second-order valence-electron chi connectivity index (χ2n) is 5.43. The van der Waals surface area contributed by atoms with Crippen LogP contribution in [0.1, 0.15) is 17.3 Å². The van der Waals surface area contributed by atoms with Crippen LogP contribution in [-0.4, -0.2) is 40.6 Å². The van der Waals surface area contributed by atoms with Crippen LogP contribution in [0.5, 0.6) is 0 Å². The largest absolute Gasteiger partial charge is 0.468 e. The van der Waals surface area contributed by atoms with Crippen LogP contribution in [0.15, 0.2) is 47.4 Å². The van der Waals surface area contributed by atoms with Gasteiger partial charge in [-0.3, -0.25) is 9.10 Å². The van der Waals surface area contributed by atoms with Gasteiger partial charge in [0.15, 0.2) is 0 Å². The predicted octanol–water partition coefficient (Wildman–Crippen LogP) is 3.54. The third-order valence-electron chi connectivity index (χ3n) is 3.64. The molecular weight excluding hydrogens is 429 g/mol. The second-order valence-corrected chi connectivity index (χ2v) is 8.13. The summed E-state index contributed by atoms with van der Waals surface area (Å²) in [5.74, 6) is -1.50. The smallest absolute Gasteiger partial charge is 0.339 e. The molecule has 2 aromatic carbocycles. The van der Waals surface area contributed by atoms with E-state index in [9.17, 15) is 18.0 Å². The van der Waals surface area contributed by atoms with Crippen molar-refractivity contribution in [3.8, 4) is 0 Å². The van der Waals surface area contributed by atoms with Crippen LogP contribution >= 0.6 is 23.2 Å². The van der Waals surface area contributed by atoms with Crippen LogP contribution in [0.25, 0.3) is 0 Å². The zero-order valence-corrected chi connectivity index (χ0v) is 17.3. The molecule has 150 valence electrons. The number of methoxy groups -OCH3 is 1. The molecule has 0 radical (unpaired) electrons. The summed E-state index contributed by atoms with van der Waals surface area (Å²) in [7, 11) is -3.02. The minimum atomic E-state index is -4.16. The highest BCUT2D eigenvalue weighted by molar-refractivity contribution is 7.92. The van der Waals surface area contributed by atoms with Crippen LogP contribution in [-0.2, 0) is 24.3 Å². The van der Waals surface area contributed by atoms with Crippen LogP contribution in [0, 0.1) is 0 Å². The molecule has 0 saturated carbocycles. The van der Waals surface area contributed by atoms with E-state index in [1.54, 1.807) is 6.92 Å². The highest BCUT2D eigenvalue weighted by Gasteiger charge is 2.28. The number of carbonyl (C=O) groups is 2. The molecule has 28 heavy (non-hydrogen) atoms. The summed E-state index contributed by atoms with van der Waals surface area (Å²) in [6.07, 6.45) is 0. The van der Waals surface area contributed by atoms with Gasteiger partial charge in [-0.05, 0) is 49.4 Å². The molecular formula is C18H17Cl2NO6S. The molecule has 0 atom stereocenters. The quantitative estimate of drug-likeness (QED) is 0.605. The Hall–Kier alpha value is -2.29. The maximum absolute atomic E-state index is 13.1. The fourth-order valence-corrected chi connectivity index (χ4v) is 3.99. The van der Waals surface area contributed by atoms with Crippen molar-refractivity contribution >= 4 is 50.9 Å².